The van der Waals surface area contributed by atoms with Gasteiger partial charge in [-0.3, -0.25) is 20.0 Å². The maximum Gasteiger partial charge on any atom is 0.0391 e. The Morgan fingerprint density at radius 3 is 0.841 bits per heavy atom. The van der Waals surface area contributed by atoms with Crippen molar-refractivity contribution in [3.8, 4) is 0 Å². The Morgan fingerprint density at radius 2 is 0.621 bits per heavy atom. The summed E-state index contributed by atoms with van der Waals surface area (Å²) in [6.07, 6.45) is 16.0. The van der Waals surface area contributed by atoms with Gasteiger partial charge in [0.15, 0.2) is 0 Å². The second-order valence-corrected chi connectivity index (χ2v) is 31.8. The van der Waals surface area contributed by atoms with Crippen LogP contribution in [0, 0.1) is 111 Å². The zero-order valence-electron chi connectivity index (χ0n) is 83.5. The first kappa shape index (κ1) is 129. The second kappa shape index (κ2) is 75.8. The van der Waals surface area contributed by atoms with Crippen LogP contribution in [0.5, 0.6) is 0 Å². The van der Waals surface area contributed by atoms with Gasteiger partial charge in [-0.25, -0.2) is 0 Å². The average molecular weight is 1890 g/mol. The fourth-order valence-corrected chi connectivity index (χ4v) is 11.5. The molecular weight excluding hydrogens is 1730 g/mol. The van der Waals surface area contributed by atoms with Crippen LogP contribution in [0.1, 0.15) is 282 Å². The van der Waals surface area contributed by atoms with E-state index in [9.17, 15) is 0 Å². The Bertz CT molecular complexity index is 4270. The molecule has 0 saturated heterocycles. The molecule has 0 unspecified atom stereocenters. The average Bonchev–Trinajstić information content (AvgIpc) is 0.818. The molecular formula is C120H152N8Sc4-4. The van der Waals surface area contributed by atoms with Crippen LogP contribution in [0.25, 0.3) is 21.3 Å². The summed E-state index contributed by atoms with van der Waals surface area (Å²) >= 11 is 0. The third kappa shape index (κ3) is 54.0. The maximum absolute atomic E-state index is 5.15. The Kier molecular flexibility index (Phi) is 73.9. The van der Waals surface area contributed by atoms with Crippen LogP contribution < -0.4 is 0 Å². The molecule has 12 rings (SSSR count). The number of rotatable bonds is 18. The molecule has 0 heterocycles. The van der Waals surface area contributed by atoms with E-state index in [0.29, 0.717) is 23.7 Å². The molecule has 2 aliphatic carbocycles. The topological polar surface area (TPSA) is 106 Å². The van der Waals surface area contributed by atoms with Gasteiger partial charge in [0.05, 0.1) is 0 Å². The third-order valence-corrected chi connectivity index (χ3v) is 20.2. The first-order chi connectivity index (χ1) is 61.0. The molecule has 0 fully saturated rings. The van der Waals surface area contributed by atoms with E-state index in [0.717, 1.165) is 193 Å². The molecule has 0 amide bonds. The molecule has 8 nitrogen and oxygen atoms in total. The van der Waals surface area contributed by atoms with Crippen LogP contribution in [-0.4, -0.2) is 64.1 Å². The minimum atomic E-state index is 0. The second-order valence-electron chi connectivity index (χ2n) is 31.8. The van der Waals surface area contributed by atoms with E-state index in [-0.39, 0.29) is 103 Å². The van der Waals surface area contributed by atoms with Gasteiger partial charge in [0.25, 0.3) is 0 Å². The fraction of sp³-hybridized carbons (Fsp3) is 0.267. The zero-order chi connectivity index (χ0) is 96.1. The Hall–Kier alpha value is -9.56. The first-order valence-corrected chi connectivity index (χ1v) is 44.4. The number of unbranched alkanes of at least 4 members (excludes halogenated alkanes) is 2. The van der Waals surface area contributed by atoms with Gasteiger partial charge < -0.3 is 21.3 Å². The number of aliphatic imine (C=N–C) groups is 4. The van der Waals surface area contributed by atoms with E-state index in [1.54, 1.807) is 14.1 Å². The van der Waals surface area contributed by atoms with Gasteiger partial charge >= 0.3 is 0 Å². The van der Waals surface area contributed by atoms with Gasteiger partial charge in [-0.05, 0) is 241 Å². The molecule has 0 atom stereocenters. The van der Waals surface area contributed by atoms with Gasteiger partial charge in [-0.15, -0.1) is 165 Å². The van der Waals surface area contributed by atoms with E-state index < -0.39 is 0 Å². The maximum atomic E-state index is 5.15. The van der Waals surface area contributed by atoms with Crippen LogP contribution >= 0.6 is 0 Å². The van der Waals surface area contributed by atoms with E-state index in [1.807, 2.05) is 222 Å². The molecule has 2 aliphatic rings. The largest absolute Gasteiger partial charge is 0.686 e. The van der Waals surface area contributed by atoms with Crippen LogP contribution in [-0.2, 0) is 103 Å². The van der Waals surface area contributed by atoms with E-state index in [1.165, 1.54) is 52.9 Å². The van der Waals surface area contributed by atoms with Gasteiger partial charge in [-0.1, -0.05) is 246 Å². The van der Waals surface area contributed by atoms with E-state index in [4.69, 9.17) is 15.6 Å². The van der Waals surface area contributed by atoms with Crippen molar-refractivity contribution < 1.29 is 103 Å². The summed E-state index contributed by atoms with van der Waals surface area (Å²) in [5, 5.41) is 18.0. The molecule has 0 aliphatic heterocycles. The molecule has 0 spiro atoms. The molecule has 10 aromatic rings. The molecule has 0 aromatic heterocycles. The smallest absolute Gasteiger partial charge is 0.0391 e. The SMILES string of the molecule is C=C([N-]C)C(C)=NC.C=C([N-]c1c(C(C)C)cccc1C(C)C)C(C)=NCCCC.CCCCN=C1CCCC=C1[N-]c1c(C(C)C)cccc1C(C)C.CN=C1CCCC=C1[N-]C.[CH2+]c1ccccc1[CH2-].[CH2+]c1ccccc1[CH2-].[CH2+]c1ccccc1[CH2-].[CH2+]c1ccccc1[CH2-].[CH2+]c1ccccc1[CH2-].[CH2+]c1ccccc1[CH2-].[CH2+]c1ccccc1[CH2-].[CH2+]c1ccccc1[CH2-].[Sc].[Sc].[Sc].[Sc]. The number of nitrogens with zero attached hydrogens (tertiary/aromatic N) is 8. The number of hydrogen-bond donors (Lipinski definition) is 0. The van der Waals surface area contributed by atoms with Gasteiger partial charge in [0.2, 0.25) is 0 Å². The quantitative estimate of drug-likeness (QED) is 0.0464. The van der Waals surface area contributed by atoms with Crippen molar-refractivity contribution in [2.75, 3.05) is 41.3 Å². The Balaban J connectivity index is -0.000000695. The van der Waals surface area contributed by atoms with Crippen LogP contribution in [0.4, 0.5) is 11.4 Å². The standard InChI is InChI=1S/C22H33N2.C20H31N2.C8H13N2.8C8H8.C6H11N2.4Sc/c1-6-7-15-23-20-13-8-9-14-21(20)24-22-18(16(2)3)11-10-12-19(22)17(4)5;1-8-9-13-21-16(6)17(7)22-20-18(14(2)3)11-10-12-19(20)15(4)5;1-9-7-5-3-4-6-8(7)10-2;8*1-7-5-3-4-6-8(7)2;1-5(7-3)6(2)8-4;;;;/h10-12,14,16-17H,6-9,13,15H2,1-5H3;10-12,14-15H,7-9,13H2,1-6H3;5H,3-4,6H2,1-2H3;8*3-6H,1-2H2;1H2,2-4H3;;;;/q3*-1;;;;;;;;;-1;;;;. The zero-order valence-corrected chi connectivity index (χ0v) is 90.7. The molecule has 688 valence electrons. The molecule has 0 N–H and O–H groups in total. The summed E-state index contributed by atoms with van der Waals surface area (Å²) in [4.78, 5) is 17.5. The van der Waals surface area contributed by atoms with Crippen LogP contribution in [0.3, 0.4) is 0 Å². The fourth-order valence-electron chi connectivity index (χ4n) is 11.5. The molecule has 0 saturated carbocycles. The van der Waals surface area contributed by atoms with Crippen molar-refractivity contribution >= 4 is 34.2 Å². The van der Waals surface area contributed by atoms with Crippen molar-refractivity contribution in [3.63, 3.8) is 0 Å². The summed E-state index contributed by atoms with van der Waals surface area (Å²) in [5.41, 5.74) is 31.6. The molecule has 4 radical (unpaired) electrons. The van der Waals surface area contributed by atoms with Gasteiger partial charge in [0.1, 0.15) is 0 Å². The van der Waals surface area contributed by atoms with Crippen molar-refractivity contribution in [2.24, 2.45) is 20.0 Å². The molecule has 0 bridgehead atoms. The van der Waals surface area contributed by atoms with Gasteiger partial charge in [0, 0.05) is 198 Å². The summed E-state index contributed by atoms with van der Waals surface area (Å²) in [6.45, 7) is 95.8. The molecule has 10 aromatic carbocycles. The number of allylic oxidation sites excluding steroid dienone is 6. The minimum Gasteiger partial charge on any atom is -0.686 e. The van der Waals surface area contributed by atoms with Crippen LogP contribution in [0.2, 0.25) is 0 Å². The minimum absolute atomic E-state index is 0. The van der Waals surface area contributed by atoms with Crippen molar-refractivity contribution in [1.82, 2.24) is 0 Å². The van der Waals surface area contributed by atoms with Crippen LogP contribution in [0.15, 0.2) is 299 Å². The number of benzene rings is 10. The summed E-state index contributed by atoms with van der Waals surface area (Å²) in [5.74, 6) is 1.85. The predicted octanol–water partition coefficient (Wildman–Crippen LogP) is 34.1. The van der Waals surface area contributed by atoms with Crippen molar-refractivity contribution in [3.05, 3.63) is 522 Å². The third-order valence-electron chi connectivity index (χ3n) is 20.2. The monoisotopic (exact) mass is 1890 g/mol. The Morgan fingerprint density at radius 1 is 0.356 bits per heavy atom. The normalized spacial score (nSPS) is 11.8. The van der Waals surface area contributed by atoms with Crippen molar-refractivity contribution in [1.29, 1.82) is 0 Å². The van der Waals surface area contributed by atoms with E-state index >= 15 is 0 Å². The predicted molar refractivity (Wildman–Crippen MR) is 571 cm³/mol. The summed E-state index contributed by atoms with van der Waals surface area (Å²) in [7, 11) is 7.09. The summed E-state index contributed by atoms with van der Waals surface area (Å²) < 4.78 is 0. The van der Waals surface area contributed by atoms with Crippen molar-refractivity contribution in [2.45, 2.75) is 171 Å². The molecule has 132 heavy (non-hydrogen) atoms. The van der Waals surface area contributed by atoms with Gasteiger partial charge in [-0.2, -0.15) is 0 Å². The van der Waals surface area contributed by atoms with E-state index in [2.05, 4.69) is 267 Å². The summed E-state index contributed by atoms with van der Waals surface area (Å²) in [6, 6.07) is 75.5. The number of para-hydroxylation sites is 2. The molecule has 12 heteroatoms. The Labute approximate surface area is 883 Å². The number of hydrogen-bond acceptors (Lipinski definition) is 4. The first-order valence-electron chi connectivity index (χ1n) is 44.4.